The molecule has 0 radical (unpaired) electrons. The number of amides is 1. The second-order valence-corrected chi connectivity index (χ2v) is 5.57. The molecule has 0 fully saturated rings. The van der Waals surface area contributed by atoms with E-state index in [0.29, 0.717) is 12.6 Å². The van der Waals surface area contributed by atoms with Gasteiger partial charge in [0.25, 0.3) is 5.91 Å². The van der Waals surface area contributed by atoms with E-state index in [4.69, 9.17) is 0 Å². The zero-order chi connectivity index (χ0) is 16.0. The second kappa shape index (κ2) is 7.68. The average Bonchev–Trinajstić information content (AvgIpc) is 2.70. The van der Waals surface area contributed by atoms with E-state index in [9.17, 15) is 10.1 Å². The molecule has 0 aromatic carbocycles. The number of carbonyl (C=O) groups excluding carboxylic acids is 1. The number of hydrogen-bond acceptors (Lipinski definition) is 2. The van der Waals surface area contributed by atoms with Crippen LogP contribution in [0.1, 0.15) is 56.6 Å². The van der Waals surface area contributed by atoms with Gasteiger partial charge in [0.2, 0.25) is 0 Å². The molecule has 0 aliphatic heterocycles. The van der Waals surface area contributed by atoms with Gasteiger partial charge in [-0.1, -0.05) is 13.3 Å². The van der Waals surface area contributed by atoms with E-state index in [0.717, 1.165) is 29.8 Å². The van der Waals surface area contributed by atoms with Crippen molar-refractivity contribution in [3.05, 3.63) is 28.6 Å². The first-order valence-corrected chi connectivity index (χ1v) is 7.50. The highest BCUT2D eigenvalue weighted by Crippen LogP contribution is 2.22. The van der Waals surface area contributed by atoms with Gasteiger partial charge >= 0.3 is 0 Å². The fourth-order valence-electron chi connectivity index (χ4n) is 2.52. The van der Waals surface area contributed by atoms with Crippen molar-refractivity contribution < 1.29 is 4.79 Å². The lowest BCUT2D eigenvalue weighted by Gasteiger charge is -2.13. The standard InChI is InChI=1S/C17H25N3O/c1-6-7-8-19-17(21)16(11-18)10-15-9-13(4)20(12(2)3)14(15)5/h9-10,12H,6-8H2,1-5H3,(H,19,21)/b16-10+. The van der Waals surface area contributed by atoms with Crippen molar-refractivity contribution in [2.24, 2.45) is 0 Å². The molecule has 4 heteroatoms. The molecule has 0 saturated heterocycles. The first-order valence-electron chi connectivity index (χ1n) is 7.50. The predicted octanol–water partition coefficient (Wildman–Crippen LogP) is 3.51. The minimum absolute atomic E-state index is 0.162. The SMILES string of the molecule is CCCCNC(=O)/C(C#N)=C/c1cc(C)n(C(C)C)c1C. The van der Waals surface area contributed by atoms with Crippen LogP contribution in [0.25, 0.3) is 6.08 Å². The molecule has 21 heavy (non-hydrogen) atoms. The van der Waals surface area contributed by atoms with E-state index in [1.165, 1.54) is 0 Å². The van der Waals surface area contributed by atoms with Crippen LogP contribution in [-0.4, -0.2) is 17.0 Å². The average molecular weight is 287 g/mol. The van der Waals surface area contributed by atoms with Gasteiger partial charge in [-0.3, -0.25) is 4.79 Å². The van der Waals surface area contributed by atoms with Crippen molar-refractivity contribution in [2.75, 3.05) is 6.54 Å². The summed E-state index contributed by atoms with van der Waals surface area (Å²) in [6.07, 6.45) is 3.62. The van der Waals surface area contributed by atoms with Crippen LogP contribution in [-0.2, 0) is 4.79 Å². The molecule has 0 atom stereocenters. The van der Waals surface area contributed by atoms with E-state index in [-0.39, 0.29) is 11.5 Å². The molecule has 1 rings (SSSR count). The molecular weight excluding hydrogens is 262 g/mol. The molecule has 0 bridgehead atoms. The number of aromatic nitrogens is 1. The Morgan fingerprint density at radius 2 is 2.14 bits per heavy atom. The Hall–Kier alpha value is -2.02. The maximum absolute atomic E-state index is 12.0. The van der Waals surface area contributed by atoms with Crippen molar-refractivity contribution >= 4 is 12.0 Å². The Labute approximate surface area is 127 Å². The number of unbranched alkanes of at least 4 members (excludes halogenated alkanes) is 1. The molecule has 0 saturated carbocycles. The first kappa shape index (κ1) is 17.0. The lowest BCUT2D eigenvalue weighted by molar-refractivity contribution is -0.117. The van der Waals surface area contributed by atoms with Crippen molar-refractivity contribution in [3.8, 4) is 6.07 Å². The third-order valence-corrected chi connectivity index (χ3v) is 3.52. The third-order valence-electron chi connectivity index (χ3n) is 3.52. The van der Waals surface area contributed by atoms with Gasteiger partial charge in [-0.15, -0.1) is 0 Å². The number of nitrogens with zero attached hydrogens (tertiary/aromatic N) is 2. The summed E-state index contributed by atoms with van der Waals surface area (Å²) in [6, 6.07) is 4.38. The monoisotopic (exact) mass is 287 g/mol. The molecule has 4 nitrogen and oxygen atoms in total. The van der Waals surface area contributed by atoms with E-state index in [2.05, 4.69) is 30.7 Å². The highest BCUT2D eigenvalue weighted by atomic mass is 16.1. The fraction of sp³-hybridized carbons (Fsp3) is 0.529. The summed E-state index contributed by atoms with van der Waals surface area (Å²) in [4.78, 5) is 12.0. The molecule has 1 amide bonds. The molecule has 114 valence electrons. The van der Waals surface area contributed by atoms with Gasteiger partial charge in [-0.25, -0.2) is 0 Å². The van der Waals surface area contributed by atoms with E-state index in [1.807, 2.05) is 26.0 Å². The normalized spacial score (nSPS) is 11.6. The summed E-state index contributed by atoms with van der Waals surface area (Å²) in [5.74, 6) is -0.291. The summed E-state index contributed by atoms with van der Waals surface area (Å²) in [5, 5.41) is 12.0. The lowest BCUT2D eigenvalue weighted by Crippen LogP contribution is -2.25. The third kappa shape index (κ3) is 4.22. The van der Waals surface area contributed by atoms with Crippen molar-refractivity contribution in [2.45, 2.75) is 53.5 Å². The van der Waals surface area contributed by atoms with E-state index < -0.39 is 0 Å². The van der Waals surface area contributed by atoms with Crippen LogP contribution >= 0.6 is 0 Å². The minimum atomic E-state index is -0.291. The van der Waals surface area contributed by atoms with Crippen LogP contribution in [0.3, 0.4) is 0 Å². The summed E-state index contributed by atoms with van der Waals surface area (Å²) in [6.45, 7) is 11.0. The Balaban J connectivity index is 3.02. The van der Waals surface area contributed by atoms with Crippen LogP contribution in [0, 0.1) is 25.2 Å². The van der Waals surface area contributed by atoms with Crippen molar-refractivity contribution in [3.63, 3.8) is 0 Å². The van der Waals surface area contributed by atoms with Gasteiger partial charge in [0.1, 0.15) is 11.6 Å². The molecule has 0 aliphatic rings. The minimum Gasteiger partial charge on any atom is -0.351 e. The molecule has 0 unspecified atom stereocenters. The molecular formula is C17H25N3O. The number of carbonyl (C=O) groups is 1. The van der Waals surface area contributed by atoms with E-state index >= 15 is 0 Å². The highest BCUT2D eigenvalue weighted by molar-refractivity contribution is 6.01. The Morgan fingerprint density at radius 3 is 2.62 bits per heavy atom. The lowest BCUT2D eigenvalue weighted by atomic mass is 10.1. The number of nitrogens with one attached hydrogen (secondary N) is 1. The summed E-state index contributed by atoms with van der Waals surface area (Å²) >= 11 is 0. The van der Waals surface area contributed by atoms with Crippen molar-refractivity contribution in [1.82, 2.24) is 9.88 Å². The first-order chi connectivity index (χ1) is 9.92. The predicted molar refractivity (Wildman–Crippen MR) is 85.8 cm³/mol. The van der Waals surface area contributed by atoms with Crippen LogP contribution in [0.5, 0.6) is 0 Å². The van der Waals surface area contributed by atoms with Crippen LogP contribution < -0.4 is 5.32 Å². The Kier molecular flexibility index (Phi) is 6.23. The van der Waals surface area contributed by atoms with Crippen LogP contribution in [0.4, 0.5) is 0 Å². The summed E-state index contributed by atoms with van der Waals surface area (Å²) in [5.41, 5.74) is 3.31. The number of hydrogen-bond donors (Lipinski definition) is 1. The molecule has 0 aliphatic carbocycles. The number of aryl methyl sites for hydroxylation is 1. The molecule has 0 spiro atoms. The van der Waals surface area contributed by atoms with Gasteiger partial charge in [0, 0.05) is 24.0 Å². The van der Waals surface area contributed by atoms with Crippen molar-refractivity contribution in [1.29, 1.82) is 5.26 Å². The smallest absolute Gasteiger partial charge is 0.261 e. The maximum atomic E-state index is 12.0. The Bertz CT molecular complexity index is 574. The van der Waals surface area contributed by atoms with Crippen LogP contribution in [0.15, 0.2) is 11.6 Å². The van der Waals surface area contributed by atoms with Gasteiger partial charge < -0.3 is 9.88 Å². The molecule has 1 heterocycles. The van der Waals surface area contributed by atoms with Gasteiger partial charge in [-0.2, -0.15) is 5.26 Å². The zero-order valence-electron chi connectivity index (χ0n) is 13.7. The van der Waals surface area contributed by atoms with Gasteiger partial charge in [0.15, 0.2) is 0 Å². The summed E-state index contributed by atoms with van der Waals surface area (Å²) < 4.78 is 2.20. The fourth-order valence-corrected chi connectivity index (χ4v) is 2.52. The number of nitriles is 1. The highest BCUT2D eigenvalue weighted by Gasteiger charge is 2.13. The Morgan fingerprint density at radius 1 is 1.48 bits per heavy atom. The molecule has 1 aromatic rings. The van der Waals surface area contributed by atoms with Crippen LogP contribution in [0.2, 0.25) is 0 Å². The van der Waals surface area contributed by atoms with Gasteiger partial charge in [0.05, 0.1) is 0 Å². The molecule has 1 N–H and O–H groups in total. The molecule has 1 aromatic heterocycles. The summed E-state index contributed by atoms with van der Waals surface area (Å²) in [7, 11) is 0. The largest absolute Gasteiger partial charge is 0.351 e. The quantitative estimate of drug-likeness (QED) is 0.494. The topological polar surface area (TPSA) is 57.8 Å². The maximum Gasteiger partial charge on any atom is 0.261 e. The second-order valence-electron chi connectivity index (χ2n) is 5.57. The van der Waals surface area contributed by atoms with E-state index in [1.54, 1.807) is 6.08 Å². The van der Waals surface area contributed by atoms with Gasteiger partial charge in [-0.05, 0) is 51.8 Å². The zero-order valence-corrected chi connectivity index (χ0v) is 13.7. The number of rotatable bonds is 6.